The van der Waals surface area contributed by atoms with Crippen molar-refractivity contribution in [3.8, 4) is 0 Å². The second-order valence-electron chi connectivity index (χ2n) is 34.5. The summed E-state index contributed by atoms with van der Waals surface area (Å²) in [6.45, 7) is 7.94. The number of aromatic nitrogens is 2. The predicted molar refractivity (Wildman–Crippen MR) is 517 cm³/mol. The number of aliphatic hydroxyl groups excluding tert-OH is 3. The second kappa shape index (κ2) is 63.0. The second-order valence-corrected chi connectivity index (χ2v) is 36.2. The van der Waals surface area contributed by atoms with Crippen LogP contribution in [-0.2, 0) is 134 Å². The topological polar surface area (TPSA) is 886 Å². The van der Waals surface area contributed by atoms with Crippen LogP contribution in [-0.4, -0.2) is 336 Å². The molecular formula is C87H131N25O29S3. The Morgan fingerprint density at radius 3 is 1.00 bits per heavy atom. The van der Waals surface area contributed by atoms with E-state index in [0.29, 0.717) is 11.1 Å². The summed E-state index contributed by atoms with van der Waals surface area (Å²) in [4.78, 5) is 333. The van der Waals surface area contributed by atoms with Crippen LogP contribution in [0.15, 0.2) is 73.2 Å². The minimum atomic E-state index is -1.99. The van der Waals surface area contributed by atoms with Gasteiger partial charge in [-0.25, -0.2) is 9.78 Å². The number of primary amides is 4. The average Bonchev–Trinajstić information content (AvgIpc) is 0.918. The summed E-state index contributed by atoms with van der Waals surface area (Å²) < 4.78 is 0. The number of hydrogen-bond acceptors (Lipinski definition) is 32. The first-order valence-corrected chi connectivity index (χ1v) is 47.7. The lowest BCUT2D eigenvalue weighted by Gasteiger charge is -2.30. The molecule has 0 saturated carbocycles. The molecule has 0 saturated heterocycles. The van der Waals surface area contributed by atoms with E-state index < -0.39 is 351 Å². The number of carboxylic acid groups (broad SMARTS) is 2. The van der Waals surface area contributed by atoms with Crippen LogP contribution in [0.25, 0.3) is 0 Å². The first-order chi connectivity index (χ1) is 67.7. The number of carbonyl (C=O) groups excluding carboxylic acids is 22. The number of aliphatic hydroxyl groups is 3. The average molecular weight is 2090 g/mol. The van der Waals surface area contributed by atoms with Crippen LogP contribution in [0, 0.1) is 23.7 Å². The quantitative estimate of drug-likeness (QED) is 0.0233. The molecule has 0 radical (unpaired) electrons. The summed E-state index contributed by atoms with van der Waals surface area (Å²) in [6.07, 6.45) is -2.31. The largest absolute Gasteiger partial charge is 0.481 e. The Bertz CT molecular complexity index is 4950. The van der Waals surface area contributed by atoms with Crippen molar-refractivity contribution in [3.63, 3.8) is 0 Å². The molecule has 1 heterocycles. The van der Waals surface area contributed by atoms with Crippen LogP contribution < -0.4 is 124 Å². The van der Waals surface area contributed by atoms with Crippen LogP contribution in [0.1, 0.15) is 117 Å². The number of aromatic amines is 1. The fourth-order valence-corrected chi connectivity index (χ4v) is 14.4. The Balaban J connectivity index is 1.90. The minimum absolute atomic E-state index is 0.132. The monoisotopic (exact) mass is 2090 g/mol. The number of thioether (sulfide) groups is 1. The number of H-pyrrole nitrogens is 1. The van der Waals surface area contributed by atoms with E-state index in [0.717, 1.165) is 0 Å². The smallest absolute Gasteiger partial charge is 0.328 e. The van der Waals surface area contributed by atoms with Gasteiger partial charge in [-0.1, -0.05) is 116 Å². The van der Waals surface area contributed by atoms with E-state index >= 15 is 0 Å². The number of benzene rings is 2. The number of carbonyl (C=O) groups is 24. The molecule has 2 aromatic carbocycles. The maximum absolute atomic E-state index is 14.8. The van der Waals surface area contributed by atoms with Crippen LogP contribution in [0.4, 0.5) is 0 Å². The summed E-state index contributed by atoms with van der Waals surface area (Å²) in [5, 5.41) is 90.0. The Morgan fingerprint density at radius 2 is 0.660 bits per heavy atom. The Labute approximate surface area is 841 Å². The van der Waals surface area contributed by atoms with Crippen LogP contribution in [0.3, 0.4) is 0 Å². The zero-order valence-electron chi connectivity index (χ0n) is 80.3. The third-order valence-corrected chi connectivity index (χ3v) is 22.5. The summed E-state index contributed by atoms with van der Waals surface area (Å²) in [5.74, 6) is -32.7. The lowest BCUT2D eigenvalue weighted by Crippen LogP contribution is -2.62. The van der Waals surface area contributed by atoms with Gasteiger partial charge in [0.25, 0.3) is 0 Å². The molecule has 57 heteroatoms. The van der Waals surface area contributed by atoms with E-state index in [9.17, 15) is 141 Å². The van der Waals surface area contributed by atoms with E-state index in [4.69, 9.17) is 28.7 Å². The number of amides is 22. The molecule has 0 spiro atoms. The first kappa shape index (κ1) is 124. The van der Waals surface area contributed by atoms with Crippen molar-refractivity contribution in [2.75, 3.05) is 49.9 Å². The molecule has 0 aliphatic carbocycles. The highest BCUT2D eigenvalue weighted by atomic mass is 32.2. The molecular weight excluding hydrogens is 1960 g/mol. The number of hydrogen-bond donors (Lipinski definition) is 31. The Kier molecular flexibility index (Phi) is 54.2. The van der Waals surface area contributed by atoms with E-state index in [1.807, 2.05) is 5.32 Å². The van der Waals surface area contributed by atoms with Gasteiger partial charge in [-0.2, -0.15) is 37.0 Å². The molecule has 3 aromatic rings. The molecule has 1 aromatic heterocycles. The van der Waals surface area contributed by atoms with Crippen molar-refractivity contribution < 1.29 is 141 Å². The van der Waals surface area contributed by atoms with Crippen molar-refractivity contribution in [2.24, 2.45) is 52.3 Å². The molecule has 3 rings (SSSR count). The Hall–Kier alpha value is -14.2. The van der Waals surface area contributed by atoms with Crippen molar-refractivity contribution in [3.05, 3.63) is 90.0 Å². The molecule has 22 amide bonds. The highest BCUT2D eigenvalue weighted by Crippen LogP contribution is 2.17. The highest BCUT2D eigenvalue weighted by molar-refractivity contribution is 7.98. The molecule has 54 nitrogen and oxygen atoms in total. The van der Waals surface area contributed by atoms with Gasteiger partial charge >= 0.3 is 11.9 Å². The number of imidazole rings is 1. The van der Waals surface area contributed by atoms with Crippen LogP contribution in [0.5, 0.6) is 0 Å². The van der Waals surface area contributed by atoms with Gasteiger partial charge in [-0.05, 0) is 59.6 Å². The van der Waals surface area contributed by atoms with E-state index in [1.54, 1.807) is 80.8 Å². The zero-order chi connectivity index (χ0) is 109. The van der Waals surface area contributed by atoms with Gasteiger partial charge in [0.05, 0.1) is 64.8 Å². The SMILES string of the molecule is CSCC[C@H](NC(=O)[C@H](CC(N)=O)NC(=O)[C@H](CO)NC(=O)CNC(=O)[C@H](Cc1cnc[nH]1)NC(=O)[C@H](CC(N)=O)NC(=O)[C@@H](NC(=O)[C@H](CC(N)=O)NC(=O)[C@H](Cc1ccccc1)NC(=O)[C@H](CC(C)C)NC(=O)[C@@H](NC(=O)[C@H](CC(N)=O)NC(=O)[C@H](CS)NC(=O)[C@@H](NC(=O)[C@H](Cc1ccccc1)NC(=O)[C@H](CC(=O)O)NC(=O)[C@H](CS)NC(=O)[C@@H](N)CO)C(C)C)C(C)C)C(C)C)C(=O)N[C@@H](CO)C(=O)O. The number of nitrogens with zero attached hydrogens (tertiary/aromatic N) is 1. The number of nitrogens with one attached hydrogen (secondary N) is 19. The fraction of sp³-hybridized carbons (Fsp3) is 0.552. The normalized spacial score (nSPS) is 14.9. The summed E-state index contributed by atoms with van der Waals surface area (Å²) >= 11 is 9.51. The highest BCUT2D eigenvalue weighted by Gasteiger charge is 2.42. The molecule has 34 N–H and O–H groups in total. The molecule has 144 heavy (non-hydrogen) atoms. The van der Waals surface area contributed by atoms with Gasteiger partial charge in [-0.15, -0.1) is 0 Å². The van der Waals surface area contributed by atoms with E-state index in [1.165, 1.54) is 65.8 Å². The van der Waals surface area contributed by atoms with Gasteiger partial charge in [0.1, 0.15) is 109 Å². The lowest BCUT2D eigenvalue weighted by atomic mass is 9.98. The molecule has 0 aliphatic heterocycles. The van der Waals surface area contributed by atoms with Crippen molar-refractivity contribution >= 4 is 179 Å². The molecule has 0 fully saturated rings. The maximum Gasteiger partial charge on any atom is 0.328 e. The predicted octanol–water partition coefficient (Wildman–Crippen LogP) is -12.2. The molecule has 0 aliphatic rings. The van der Waals surface area contributed by atoms with Gasteiger partial charge in [-0.3, -0.25) is 110 Å². The number of carboxylic acids is 2. The number of aliphatic carboxylic acids is 2. The lowest BCUT2D eigenvalue weighted by molar-refractivity contribution is -0.143. The molecule has 796 valence electrons. The van der Waals surface area contributed by atoms with Gasteiger partial charge < -0.3 is 155 Å². The van der Waals surface area contributed by atoms with Crippen LogP contribution >= 0.6 is 37.0 Å². The maximum atomic E-state index is 14.8. The van der Waals surface area contributed by atoms with E-state index in [-0.39, 0.29) is 37.1 Å². The third-order valence-electron chi connectivity index (χ3n) is 21.2. The summed E-state index contributed by atoms with van der Waals surface area (Å²) in [7, 11) is 0. The number of rotatable bonds is 66. The number of thiol groups is 2. The van der Waals surface area contributed by atoms with Gasteiger partial charge in [0, 0.05) is 42.7 Å². The minimum Gasteiger partial charge on any atom is -0.481 e. The first-order valence-electron chi connectivity index (χ1n) is 45.1. The third kappa shape index (κ3) is 44.1. The van der Waals surface area contributed by atoms with Crippen LogP contribution in [0.2, 0.25) is 0 Å². The standard InChI is InChI=1S/C87H131N25O29S3/c1-39(2)22-48(105-84(137)67(40(3)4)111-80(133)55(29-64(92)119)103-83(136)60(37-143)109-86(139)69(42(7)8)110-78(131)50(24-44-18-14-11-15-19-44)99-77(130)56(30-66(121)122)104-82(135)59(36-142)108-70(123)46(88)33-113)73(126)98-49(23-43-16-12-10-13-17-43)74(127)101-54(28-63(91)118)79(132)112-68(41(5)6)85(138)106-53(27-62(90)117)76(129)100-51(25-45-31-93-38-95-45)71(124)94-32-65(120)96-57(34-114)81(134)102-52(26-61(89)116)75(128)97-47(20-21-144-9)72(125)107-58(35-115)87(140)141/h10-19,31,38-42,46-60,67-69,113-115,142-143H,20-30,32-37,88H2,1-9H3,(H2,89,116)(H2,90,117)(H2,91,118)(H2,92,119)(H,93,95)(H,94,124)(H,96,120)(H,97,128)(H,98,126)(H,99,130)(H,100,129)(H,101,127)(H,102,134)(H,103,136)(H,104,135)(H,105,137)(H,106,138)(H,107,125)(H,108,123)(H,109,139)(H,110,131)(H,111,133)(H,112,132)(H,121,122)(H,140,141)/t46-,47-,48-,49-,50-,51-,52-,53-,54-,55-,56-,57-,58-,59-,60-,67-,68-,69-/m0/s1. The summed E-state index contributed by atoms with van der Waals surface area (Å²) in [5.41, 5.74) is 28.7. The van der Waals surface area contributed by atoms with E-state index in [2.05, 4.69) is 126 Å². The molecule has 18 atom stereocenters. The number of nitrogens with two attached hydrogens (primary N) is 5. The van der Waals surface area contributed by atoms with Gasteiger partial charge in [0.2, 0.25) is 130 Å². The zero-order valence-corrected chi connectivity index (χ0v) is 82.9. The van der Waals surface area contributed by atoms with Crippen molar-refractivity contribution in [1.29, 1.82) is 0 Å². The Morgan fingerprint density at radius 1 is 0.354 bits per heavy atom. The molecule has 0 bridgehead atoms. The van der Waals surface area contributed by atoms with Crippen molar-refractivity contribution in [1.82, 2.24) is 106 Å². The van der Waals surface area contributed by atoms with Crippen molar-refractivity contribution in [2.45, 2.75) is 228 Å². The fourth-order valence-electron chi connectivity index (χ4n) is 13.4. The summed E-state index contributed by atoms with van der Waals surface area (Å²) in [6, 6.07) is -15.4. The van der Waals surface area contributed by atoms with Gasteiger partial charge in [0.15, 0.2) is 0 Å². The molecule has 0 unspecified atom stereocenters.